The Morgan fingerprint density at radius 3 is 2.59 bits per heavy atom. The van der Waals surface area contributed by atoms with E-state index in [1.807, 2.05) is 36.2 Å². The van der Waals surface area contributed by atoms with Crippen molar-refractivity contribution in [2.75, 3.05) is 33.5 Å². The Bertz CT molecular complexity index is 890. The number of piperidine rings is 2. The van der Waals surface area contributed by atoms with Gasteiger partial charge < -0.3 is 14.4 Å². The van der Waals surface area contributed by atoms with E-state index < -0.39 is 0 Å². The van der Waals surface area contributed by atoms with Crippen LogP contribution in [0.2, 0.25) is 0 Å². The molecule has 0 aromatic heterocycles. The average molecular weight is 392 g/mol. The molecule has 0 bridgehead atoms. The van der Waals surface area contributed by atoms with E-state index in [4.69, 9.17) is 9.47 Å². The van der Waals surface area contributed by atoms with Crippen LogP contribution < -0.4 is 9.47 Å². The van der Waals surface area contributed by atoms with Crippen LogP contribution in [-0.2, 0) is 11.3 Å². The molecule has 1 spiro atoms. The molecule has 152 valence electrons. The van der Waals surface area contributed by atoms with Gasteiger partial charge in [0.15, 0.2) is 11.5 Å². The Labute approximate surface area is 172 Å². The fourth-order valence-corrected chi connectivity index (χ4v) is 5.22. The van der Waals surface area contributed by atoms with E-state index in [0.717, 1.165) is 62.5 Å². The number of carbonyl (C=O) groups excluding carboxylic acids is 1. The lowest BCUT2D eigenvalue weighted by Gasteiger charge is -2.49. The summed E-state index contributed by atoms with van der Waals surface area (Å²) in [5, 5.41) is 0. The molecule has 3 aliphatic rings. The van der Waals surface area contributed by atoms with E-state index in [9.17, 15) is 4.79 Å². The molecule has 1 amide bonds. The molecule has 2 saturated heterocycles. The van der Waals surface area contributed by atoms with Gasteiger partial charge in [-0.15, -0.1) is 0 Å². The molecule has 5 heteroatoms. The largest absolute Gasteiger partial charge is 0.454 e. The molecule has 3 aliphatic heterocycles. The highest BCUT2D eigenvalue weighted by atomic mass is 16.7. The first-order chi connectivity index (χ1) is 14.1. The second kappa shape index (κ2) is 7.38. The summed E-state index contributed by atoms with van der Waals surface area (Å²) in [6.07, 6.45) is 3.25. The number of rotatable bonds is 3. The smallest absolute Gasteiger partial charge is 0.231 e. The van der Waals surface area contributed by atoms with Crippen LogP contribution in [0, 0.1) is 5.41 Å². The van der Waals surface area contributed by atoms with Crippen molar-refractivity contribution >= 4 is 5.91 Å². The molecule has 0 N–H and O–H groups in total. The van der Waals surface area contributed by atoms with E-state index in [1.165, 1.54) is 5.56 Å². The molecule has 2 aromatic rings. The van der Waals surface area contributed by atoms with Crippen molar-refractivity contribution in [1.29, 1.82) is 0 Å². The zero-order valence-electron chi connectivity index (χ0n) is 17.0. The summed E-state index contributed by atoms with van der Waals surface area (Å²) >= 11 is 0. The lowest BCUT2D eigenvalue weighted by Crippen LogP contribution is -2.52. The summed E-state index contributed by atoms with van der Waals surface area (Å²) in [7, 11) is 1.97. The zero-order chi connectivity index (χ0) is 19.8. The maximum atomic E-state index is 12.8. The van der Waals surface area contributed by atoms with Crippen molar-refractivity contribution < 1.29 is 14.3 Å². The fraction of sp³-hybridized carbons (Fsp3) is 0.458. The topological polar surface area (TPSA) is 42.0 Å². The maximum absolute atomic E-state index is 12.8. The van der Waals surface area contributed by atoms with Gasteiger partial charge in [0.2, 0.25) is 12.7 Å². The number of amides is 1. The van der Waals surface area contributed by atoms with E-state index in [-0.39, 0.29) is 17.2 Å². The predicted molar refractivity (Wildman–Crippen MR) is 111 cm³/mol. The Kier molecular flexibility index (Phi) is 4.70. The SMILES string of the molecule is CN1CC2(CCN(Cc3ccc4c(c3)OCO4)CC2)CC(c2ccccc2)C1=O. The van der Waals surface area contributed by atoms with Gasteiger partial charge in [0.1, 0.15) is 0 Å². The van der Waals surface area contributed by atoms with Crippen molar-refractivity contribution in [2.45, 2.75) is 31.7 Å². The third kappa shape index (κ3) is 3.60. The first-order valence-corrected chi connectivity index (χ1v) is 10.5. The monoisotopic (exact) mass is 392 g/mol. The molecule has 29 heavy (non-hydrogen) atoms. The summed E-state index contributed by atoms with van der Waals surface area (Å²) in [6.45, 7) is 4.27. The third-order valence-electron chi connectivity index (χ3n) is 6.85. The second-order valence-electron chi connectivity index (χ2n) is 8.83. The molecule has 0 radical (unpaired) electrons. The predicted octanol–water partition coefficient (Wildman–Crippen LogP) is 3.64. The number of nitrogens with zero attached hydrogens (tertiary/aromatic N) is 2. The summed E-state index contributed by atoms with van der Waals surface area (Å²) in [6, 6.07) is 16.5. The van der Waals surface area contributed by atoms with E-state index >= 15 is 0 Å². The third-order valence-corrected chi connectivity index (χ3v) is 6.85. The van der Waals surface area contributed by atoms with Gasteiger partial charge in [-0.05, 0) is 61.0 Å². The van der Waals surface area contributed by atoms with Crippen LogP contribution in [0.4, 0.5) is 0 Å². The first kappa shape index (κ1) is 18.5. The molecule has 2 aromatic carbocycles. The summed E-state index contributed by atoms with van der Waals surface area (Å²) in [5.74, 6) is 1.96. The molecule has 5 rings (SSSR count). The highest BCUT2D eigenvalue weighted by Crippen LogP contribution is 2.45. The number of fused-ring (bicyclic) bond motifs is 1. The van der Waals surface area contributed by atoms with E-state index in [1.54, 1.807) is 0 Å². The Hall–Kier alpha value is -2.53. The van der Waals surface area contributed by atoms with Crippen LogP contribution in [0.15, 0.2) is 48.5 Å². The van der Waals surface area contributed by atoms with Gasteiger partial charge in [-0.1, -0.05) is 36.4 Å². The molecule has 0 aliphatic carbocycles. The molecular weight excluding hydrogens is 364 g/mol. The molecular formula is C24H28N2O3. The number of likely N-dealkylation sites (N-methyl/N-ethyl adjacent to an activating group) is 1. The van der Waals surface area contributed by atoms with Crippen molar-refractivity contribution in [3.63, 3.8) is 0 Å². The molecule has 2 fully saturated rings. The van der Waals surface area contributed by atoms with Gasteiger partial charge in [-0.3, -0.25) is 9.69 Å². The maximum Gasteiger partial charge on any atom is 0.231 e. The van der Waals surface area contributed by atoms with Gasteiger partial charge in [-0.2, -0.15) is 0 Å². The quantitative estimate of drug-likeness (QED) is 0.800. The highest BCUT2D eigenvalue weighted by molar-refractivity contribution is 5.84. The number of hydrogen-bond donors (Lipinski definition) is 0. The summed E-state index contributed by atoms with van der Waals surface area (Å²) < 4.78 is 10.9. The van der Waals surface area contributed by atoms with Crippen LogP contribution in [0.25, 0.3) is 0 Å². The number of ether oxygens (including phenoxy) is 2. The van der Waals surface area contributed by atoms with E-state index in [2.05, 4.69) is 29.2 Å². The number of likely N-dealkylation sites (tertiary alicyclic amines) is 2. The second-order valence-corrected chi connectivity index (χ2v) is 8.83. The molecule has 1 unspecified atom stereocenters. The minimum Gasteiger partial charge on any atom is -0.454 e. The number of carbonyl (C=O) groups is 1. The number of hydrogen-bond acceptors (Lipinski definition) is 4. The van der Waals surface area contributed by atoms with Gasteiger partial charge in [0.05, 0.1) is 5.92 Å². The standard InChI is InChI=1S/C24H28N2O3/c1-25-16-24(14-20(23(25)27)19-5-3-2-4-6-19)9-11-26(12-10-24)15-18-7-8-21-22(13-18)29-17-28-21/h2-8,13,20H,9-12,14-17H2,1H3. The fourth-order valence-electron chi connectivity index (χ4n) is 5.22. The first-order valence-electron chi connectivity index (χ1n) is 10.5. The van der Waals surface area contributed by atoms with Crippen LogP contribution in [0.1, 0.15) is 36.3 Å². The minimum atomic E-state index is -0.00430. The highest BCUT2D eigenvalue weighted by Gasteiger charge is 2.44. The molecule has 5 nitrogen and oxygen atoms in total. The zero-order valence-corrected chi connectivity index (χ0v) is 17.0. The molecule has 0 saturated carbocycles. The van der Waals surface area contributed by atoms with Crippen molar-refractivity contribution in [3.05, 3.63) is 59.7 Å². The van der Waals surface area contributed by atoms with E-state index in [0.29, 0.717) is 6.79 Å². The normalized spacial score (nSPS) is 23.6. The van der Waals surface area contributed by atoms with Gasteiger partial charge in [0.25, 0.3) is 0 Å². The lowest BCUT2D eigenvalue weighted by atomic mass is 9.67. The van der Waals surface area contributed by atoms with Gasteiger partial charge >= 0.3 is 0 Å². The van der Waals surface area contributed by atoms with Crippen molar-refractivity contribution in [1.82, 2.24) is 9.80 Å². The van der Waals surface area contributed by atoms with Gasteiger partial charge in [0, 0.05) is 20.1 Å². The van der Waals surface area contributed by atoms with Crippen LogP contribution >= 0.6 is 0 Å². The van der Waals surface area contributed by atoms with Crippen molar-refractivity contribution in [2.24, 2.45) is 5.41 Å². The molecule has 3 heterocycles. The Morgan fingerprint density at radius 2 is 1.79 bits per heavy atom. The van der Waals surface area contributed by atoms with Gasteiger partial charge in [-0.25, -0.2) is 0 Å². The van der Waals surface area contributed by atoms with Crippen LogP contribution in [-0.4, -0.2) is 49.2 Å². The molecule has 1 atom stereocenters. The Morgan fingerprint density at radius 1 is 1.03 bits per heavy atom. The van der Waals surface area contributed by atoms with Crippen LogP contribution in [0.5, 0.6) is 11.5 Å². The number of benzene rings is 2. The summed E-state index contributed by atoms with van der Waals surface area (Å²) in [5.41, 5.74) is 2.66. The van der Waals surface area contributed by atoms with Crippen LogP contribution in [0.3, 0.4) is 0 Å². The van der Waals surface area contributed by atoms with Crippen molar-refractivity contribution in [3.8, 4) is 11.5 Å². The Balaban J connectivity index is 1.26. The average Bonchev–Trinajstić information content (AvgIpc) is 3.21. The minimum absolute atomic E-state index is 0.00430. The lowest BCUT2D eigenvalue weighted by molar-refractivity contribution is -0.139. The summed E-state index contributed by atoms with van der Waals surface area (Å²) in [4.78, 5) is 17.3.